The molecule has 0 unspecified atom stereocenters. The Bertz CT molecular complexity index is 420. The van der Waals surface area contributed by atoms with Crippen molar-refractivity contribution in [1.82, 2.24) is 0 Å². The fourth-order valence-electron chi connectivity index (χ4n) is 2.26. The molecule has 0 spiro atoms. The Morgan fingerprint density at radius 2 is 1.74 bits per heavy atom. The lowest BCUT2D eigenvalue weighted by Crippen LogP contribution is -2.04. The summed E-state index contributed by atoms with van der Waals surface area (Å²) in [7, 11) is 0. The average molecular weight is 262 g/mol. The maximum Gasteiger partial charge on any atom is 0.303 e. The van der Waals surface area contributed by atoms with Gasteiger partial charge in [-0.25, -0.2) is 0 Å². The molecule has 0 fully saturated rings. The van der Waals surface area contributed by atoms with Gasteiger partial charge in [-0.2, -0.15) is 0 Å². The fraction of sp³-hybridized carbons (Fsp3) is 0.500. The van der Waals surface area contributed by atoms with Gasteiger partial charge in [0.05, 0.1) is 6.42 Å². The van der Waals surface area contributed by atoms with E-state index in [2.05, 4.69) is 13.8 Å². The van der Waals surface area contributed by atoms with Crippen molar-refractivity contribution >= 4 is 11.8 Å². The summed E-state index contributed by atoms with van der Waals surface area (Å²) in [5.41, 5.74) is 1.87. The van der Waals surface area contributed by atoms with Gasteiger partial charge in [-0.05, 0) is 24.3 Å². The summed E-state index contributed by atoms with van der Waals surface area (Å²) >= 11 is 0. The van der Waals surface area contributed by atoms with E-state index in [-0.39, 0.29) is 18.6 Å². The van der Waals surface area contributed by atoms with Crippen molar-refractivity contribution in [2.45, 2.75) is 51.9 Å². The molecule has 0 aliphatic heterocycles. The number of benzene rings is 1. The quantitative estimate of drug-likeness (QED) is 0.720. The van der Waals surface area contributed by atoms with Crippen molar-refractivity contribution in [3.8, 4) is 0 Å². The summed E-state index contributed by atoms with van der Waals surface area (Å²) in [6.07, 6.45) is 3.37. The van der Waals surface area contributed by atoms with Crippen molar-refractivity contribution in [2.24, 2.45) is 0 Å². The molecule has 3 nitrogen and oxygen atoms in total. The van der Waals surface area contributed by atoms with Gasteiger partial charge in [0.2, 0.25) is 0 Å². The number of hydrogen-bond acceptors (Lipinski definition) is 2. The van der Waals surface area contributed by atoms with Gasteiger partial charge in [0, 0.05) is 12.0 Å². The van der Waals surface area contributed by atoms with E-state index in [0.29, 0.717) is 11.5 Å². The first-order valence-corrected chi connectivity index (χ1v) is 6.93. The number of hydrogen-bond donors (Lipinski definition) is 1. The lowest BCUT2D eigenvalue weighted by atomic mass is 9.91. The van der Waals surface area contributed by atoms with Crippen molar-refractivity contribution in [3.63, 3.8) is 0 Å². The van der Waals surface area contributed by atoms with Crippen LogP contribution in [-0.4, -0.2) is 16.9 Å². The zero-order valence-electron chi connectivity index (χ0n) is 11.7. The molecule has 1 aromatic rings. The largest absolute Gasteiger partial charge is 0.481 e. The van der Waals surface area contributed by atoms with Gasteiger partial charge in [-0.3, -0.25) is 9.59 Å². The number of carbonyl (C=O) groups is 2. The molecule has 3 heteroatoms. The second kappa shape index (κ2) is 7.72. The highest BCUT2D eigenvalue weighted by molar-refractivity contribution is 5.97. The van der Waals surface area contributed by atoms with Crippen molar-refractivity contribution < 1.29 is 14.7 Å². The molecule has 0 saturated heterocycles. The number of ketones is 1. The predicted octanol–water partition coefficient (Wildman–Crippen LogP) is 4.03. The minimum absolute atomic E-state index is 0.0703. The molecule has 0 aliphatic carbocycles. The summed E-state index contributed by atoms with van der Waals surface area (Å²) < 4.78 is 0. The maximum absolute atomic E-state index is 11.8. The minimum atomic E-state index is -0.932. The SMILES string of the molecule is CCC[C@@H](CC)c1ccc(C(=O)CCC(=O)O)cc1. The predicted molar refractivity (Wildman–Crippen MR) is 75.6 cm³/mol. The zero-order chi connectivity index (χ0) is 14.3. The number of rotatable bonds is 8. The van der Waals surface area contributed by atoms with Crippen LogP contribution in [0.5, 0.6) is 0 Å². The summed E-state index contributed by atoms with van der Waals surface area (Å²) in [4.78, 5) is 22.2. The molecule has 19 heavy (non-hydrogen) atoms. The molecule has 0 amide bonds. The molecule has 1 rings (SSSR count). The van der Waals surface area contributed by atoms with Gasteiger partial charge in [0.25, 0.3) is 0 Å². The smallest absolute Gasteiger partial charge is 0.303 e. The maximum atomic E-state index is 11.8. The Hall–Kier alpha value is -1.64. The molecule has 0 bridgehead atoms. The molecule has 0 radical (unpaired) electrons. The molecule has 1 aromatic carbocycles. The Labute approximate surface area is 114 Å². The molecule has 0 aliphatic rings. The summed E-state index contributed by atoms with van der Waals surface area (Å²) in [6, 6.07) is 7.63. The van der Waals surface area contributed by atoms with Crippen LogP contribution in [0, 0.1) is 0 Å². The van der Waals surface area contributed by atoms with Gasteiger partial charge in [0.1, 0.15) is 0 Å². The van der Waals surface area contributed by atoms with Crippen LogP contribution >= 0.6 is 0 Å². The van der Waals surface area contributed by atoms with Gasteiger partial charge in [-0.15, -0.1) is 0 Å². The summed E-state index contributed by atoms with van der Waals surface area (Å²) in [5.74, 6) is -0.482. The van der Waals surface area contributed by atoms with Crippen molar-refractivity contribution in [2.75, 3.05) is 0 Å². The van der Waals surface area contributed by atoms with Gasteiger partial charge in [0.15, 0.2) is 5.78 Å². The van der Waals surface area contributed by atoms with E-state index in [1.807, 2.05) is 24.3 Å². The van der Waals surface area contributed by atoms with Crippen LogP contribution in [-0.2, 0) is 4.79 Å². The monoisotopic (exact) mass is 262 g/mol. The Morgan fingerprint density at radius 3 is 2.21 bits per heavy atom. The van der Waals surface area contributed by atoms with Crippen molar-refractivity contribution in [1.29, 1.82) is 0 Å². The first kappa shape index (κ1) is 15.4. The van der Waals surface area contributed by atoms with Crippen LogP contribution in [0.2, 0.25) is 0 Å². The highest BCUT2D eigenvalue weighted by atomic mass is 16.4. The van der Waals surface area contributed by atoms with Crippen LogP contribution in [0.15, 0.2) is 24.3 Å². The fourth-order valence-corrected chi connectivity index (χ4v) is 2.26. The molecule has 1 atom stereocenters. The van der Waals surface area contributed by atoms with Crippen LogP contribution in [0.1, 0.15) is 67.8 Å². The second-order valence-corrected chi connectivity index (χ2v) is 4.83. The van der Waals surface area contributed by atoms with E-state index in [1.54, 1.807) is 0 Å². The topological polar surface area (TPSA) is 54.4 Å². The van der Waals surface area contributed by atoms with E-state index in [1.165, 1.54) is 5.56 Å². The zero-order valence-corrected chi connectivity index (χ0v) is 11.7. The van der Waals surface area contributed by atoms with Crippen molar-refractivity contribution in [3.05, 3.63) is 35.4 Å². The van der Waals surface area contributed by atoms with Gasteiger partial charge >= 0.3 is 5.97 Å². The van der Waals surface area contributed by atoms with Crippen LogP contribution in [0.4, 0.5) is 0 Å². The van der Waals surface area contributed by atoms with Crippen LogP contribution < -0.4 is 0 Å². The van der Waals surface area contributed by atoms with E-state index >= 15 is 0 Å². The molecular weight excluding hydrogens is 240 g/mol. The van der Waals surface area contributed by atoms with E-state index in [9.17, 15) is 9.59 Å². The highest BCUT2D eigenvalue weighted by Gasteiger charge is 2.11. The van der Waals surface area contributed by atoms with E-state index in [0.717, 1.165) is 19.3 Å². The molecular formula is C16H22O3. The lowest BCUT2D eigenvalue weighted by molar-refractivity contribution is -0.136. The van der Waals surface area contributed by atoms with E-state index in [4.69, 9.17) is 5.11 Å². The Morgan fingerprint density at radius 1 is 1.11 bits per heavy atom. The first-order chi connectivity index (χ1) is 9.08. The Balaban J connectivity index is 2.69. The first-order valence-electron chi connectivity index (χ1n) is 6.93. The van der Waals surface area contributed by atoms with Gasteiger partial charge < -0.3 is 5.11 Å². The number of carbonyl (C=O) groups excluding carboxylic acids is 1. The Kier molecular flexibility index (Phi) is 6.26. The number of aliphatic carboxylic acids is 1. The van der Waals surface area contributed by atoms with Gasteiger partial charge in [-0.1, -0.05) is 44.5 Å². The molecule has 104 valence electrons. The number of carboxylic acid groups (broad SMARTS) is 1. The molecule has 0 saturated carbocycles. The summed E-state index contributed by atoms with van der Waals surface area (Å²) in [6.45, 7) is 4.35. The normalized spacial score (nSPS) is 12.1. The summed E-state index contributed by atoms with van der Waals surface area (Å²) in [5, 5.41) is 8.56. The third kappa shape index (κ3) is 4.86. The number of Topliss-reactive ketones (excluding diaryl/α,β-unsaturated/α-hetero) is 1. The lowest BCUT2D eigenvalue weighted by Gasteiger charge is -2.14. The average Bonchev–Trinajstić information content (AvgIpc) is 2.42. The second-order valence-electron chi connectivity index (χ2n) is 4.83. The molecule has 1 N–H and O–H groups in total. The molecule has 0 heterocycles. The van der Waals surface area contributed by atoms with E-state index < -0.39 is 5.97 Å². The van der Waals surface area contributed by atoms with Crippen LogP contribution in [0.25, 0.3) is 0 Å². The van der Waals surface area contributed by atoms with Crippen LogP contribution in [0.3, 0.4) is 0 Å². The number of carboxylic acids is 1. The highest BCUT2D eigenvalue weighted by Crippen LogP contribution is 2.25. The molecule has 0 aromatic heterocycles. The third-order valence-corrected chi connectivity index (χ3v) is 3.40. The third-order valence-electron chi connectivity index (χ3n) is 3.40. The standard InChI is InChI=1S/C16H22O3/c1-3-5-12(4-2)13-6-8-14(9-7-13)15(17)10-11-16(18)19/h6-9,12H,3-5,10-11H2,1-2H3,(H,18,19)/t12-/m1/s1. The minimum Gasteiger partial charge on any atom is -0.481 e.